The highest BCUT2D eigenvalue weighted by Gasteiger charge is 2.61. The number of hydrogen-bond acceptors (Lipinski definition) is 3. The zero-order chi connectivity index (χ0) is 22.8. The van der Waals surface area contributed by atoms with Gasteiger partial charge in [-0.15, -0.1) is 0 Å². The predicted molar refractivity (Wildman–Crippen MR) is 130 cm³/mol. The molecule has 32 heavy (non-hydrogen) atoms. The first kappa shape index (κ1) is 21.8. The maximum absolute atomic E-state index is 12.3. The van der Waals surface area contributed by atoms with Crippen LogP contribution in [0.1, 0.15) is 51.5 Å². The lowest BCUT2D eigenvalue weighted by Gasteiger charge is -2.59. The molecule has 0 aromatic heterocycles. The minimum Gasteiger partial charge on any atom is -0.388 e. The molecule has 1 N–H and O–H groups in total. The molecule has 5 rings (SSSR count). The van der Waals surface area contributed by atoms with Crippen molar-refractivity contribution in [2.45, 2.75) is 58.1 Å². The standard InChI is InChI=1S/C28H38N2O2/c1-27-15-13-25(31)30(5)24(27)11-10-21-22(27)12-14-28(2)23(21)17-19(26(28)32)16-18-6-8-20(9-7-18)29(3)4/h6-9,13,15-16,21-24,26,32H,10-12,14,17H2,1-5H3/t21-,22-,23+,24?,26?,27-,28+/m1/s1. The molecule has 7 atom stereocenters. The van der Waals surface area contributed by atoms with Crippen molar-refractivity contribution in [3.63, 3.8) is 0 Å². The molecule has 0 bridgehead atoms. The minimum absolute atomic E-state index is 0.0418. The van der Waals surface area contributed by atoms with E-state index in [2.05, 4.69) is 69.3 Å². The van der Waals surface area contributed by atoms with Gasteiger partial charge in [-0.1, -0.05) is 38.1 Å². The Morgan fingerprint density at radius 2 is 1.81 bits per heavy atom. The van der Waals surface area contributed by atoms with Crippen LogP contribution in [-0.2, 0) is 4.79 Å². The summed E-state index contributed by atoms with van der Waals surface area (Å²) in [5.41, 5.74) is 3.58. The summed E-state index contributed by atoms with van der Waals surface area (Å²) in [6.45, 7) is 4.71. The maximum atomic E-state index is 12.3. The number of amides is 1. The fraction of sp³-hybridized carbons (Fsp3) is 0.607. The van der Waals surface area contributed by atoms with E-state index in [0.29, 0.717) is 23.8 Å². The van der Waals surface area contributed by atoms with Crippen LogP contribution in [0.5, 0.6) is 0 Å². The first-order valence-corrected chi connectivity index (χ1v) is 12.3. The molecule has 4 heteroatoms. The van der Waals surface area contributed by atoms with E-state index < -0.39 is 0 Å². The Bertz CT molecular complexity index is 964. The van der Waals surface area contributed by atoms with Gasteiger partial charge >= 0.3 is 0 Å². The van der Waals surface area contributed by atoms with Gasteiger partial charge in [0.2, 0.25) is 5.91 Å². The number of carbonyl (C=O) groups is 1. The number of carbonyl (C=O) groups excluding carboxylic acids is 1. The number of fused-ring (bicyclic) bond motifs is 5. The van der Waals surface area contributed by atoms with Crippen molar-refractivity contribution in [2.75, 3.05) is 26.0 Å². The smallest absolute Gasteiger partial charge is 0.246 e. The molecular formula is C28H38N2O2. The van der Waals surface area contributed by atoms with Crippen molar-refractivity contribution in [2.24, 2.45) is 28.6 Å². The van der Waals surface area contributed by atoms with Crippen LogP contribution in [0, 0.1) is 28.6 Å². The number of benzene rings is 1. The first-order valence-electron chi connectivity index (χ1n) is 12.3. The average Bonchev–Trinajstić information content (AvgIpc) is 3.02. The molecule has 3 fully saturated rings. The van der Waals surface area contributed by atoms with Crippen molar-refractivity contribution in [3.05, 3.63) is 47.6 Å². The normalized spacial score (nSPS) is 41.9. The number of anilines is 1. The SMILES string of the molecule is CN(C)c1ccc(C=C2C[C@H]3[C@@H]4CCC5N(C)C(=O)C=C[C@]5(C)[C@@H]4CC[C@]3(C)C2O)cc1. The molecule has 3 saturated carbocycles. The van der Waals surface area contributed by atoms with Crippen molar-refractivity contribution >= 4 is 17.7 Å². The Morgan fingerprint density at radius 1 is 1.09 bits per heavy atom. The summed E-state index contributed by atoms with van der Waals surface area (Å²) >= 11 is 0. The third-order valence-electron chi connectivity index (χ3n) is 9.76. The van der Waals surface area contributed by atoms with Gasteiger partial charge in [0.1, 0.15) is 0 Å². The summed E-state index contributed by atoms with van der Waals surface area (Å²) in [6.07, 6.45) is 11.3. The molecule has 4 nitrogen and oxygen atoms in total. The zero-order valence-electron chi connectivity index (χ0n) is 20.2. The highest BCUT2D eigenvalue weighted by atomic mass is 16.3. The lowest BCUT2D eigenvalue weighted by Crippen LogP contribution is -2.59. The molecule has 1 aromatic carbocycles. The van der Waals surface area contributed by atoms with Gasteiger partial charge in [0.25, 0.3) is 0 Å². The van der Waals surface area contributed by atoms with E-state index >= 15 is 0 Å². The quantitative estimate of drug-likeness (QED) is 0.731. The van der Waals surface area contributed by atoms with Crippen LogP contribution in [0.3, 0.4) is 0 Å². The van der Waals surface area contributed by atoms with Crippen molar-refractivity contribution < 1.29 is 9.90 Å². The lowest BCUT2D eigenvalue weighted by atomic mass is 9.48. The molecule has 4 aliphatic rings. The highest BCUT2D eigenvalue weighted by Crippen LogP contribution is 2.65. The first-order chi connectivity index (χ1) is 15.1. The number of nitrogens with zero attached hydrogens (tertiary/aromatic N) is 2. The molecule has 0 spiro atoms. The Kier molecular flexibility index (Phi) is 5.09. The van der Waals surface area contributed by atoms with Gasteiger partial charge in [0, 0.05) is 43.7 Å². The maximum Gasteiger partial charge on any atom is 0.246 e. The molecule has 1 amide bonds. The fourth-order valence-corrected chi connectivity index (χ4v) is 7.82. The zero-order valence-corrected chi connectivity index (χ0v) is 20.2. The Balaban J connectivity index is 1.44. The summed E-state index contributed by atoms with van der Waals surface area (Å²) in [6, 6.07) is 8.92. The van der Waals surface area contributed by atoms with Gasteiger partial charge in [-0.3, -0.25) is 4.79 Å². The van der Waals surface area contributed by atoms with Crippen LogP contribution in [0.25, 0.3) is 6.08 Å². The van der Waals surface area contributed by atoms with Gasteiger partial charge in [0.15, 0.2) is 0 Å². The molecule has 1 aliphatic heterocycles. The van der Waals surface area contributed by atoms with Crippen LogP contribution in [0.15, 0.2) is 42.0 Å². The van der Waals surface area contributed by atoms with Crippen molar-refractivity contribution in [1.82, 2.24) is 4.90 Å². The Morgan fingerprint density at radius 3 is 2.50 bits per heavy atom. The van der Waals surface area contributed by atoms with Gasteiger partial charge < -0.3 is 14.9 Å². The van der Waals surface area contributed by atoms with E-state index in [0.717, 1.165) is 32.1 Å². The topological polar surface area (TPSA) is 43.8 Å². The predicted octanol–water partition coefficient (Wildman–Crippen LogP) is 4.75. The van der Waals surface area contributed by atoms with Crippen LogP contribution in [0.2, 0.25) is 0 Å². The van der Waals surface area contributed by atoms with E-state index in [9.17, 15) is 9.90 Å². The van der Waals surface area contributed by atoms with Crippen LogP contribution >= 0.6 is 0 Å². The summed E-state index contributed by atoms with van der Waals surface area (Å²) in [5.74, 6) is 1.85. The molecule has 172 valence electrons. The molecule has 0 radical (unpaired) electrons. The largest absolute Gasteiger partial charge is 0.388 e. The van der Waals surface area contributed by atoms with Crippen LogP contribution in [-0.4, -0.2) is 49.2 Å². The van der Waals surface area contributed by atoms with Crippen LogP contribution in [0.4, 0.5) is 5.69 Å². The fourth-order valence-electron chi connectivity index (χ4n) is 7.82. The van der Waals surface area contributed by atoms with Gasteiger partial charge in [-0.2, -0.15) is 0 Å². The van der Waals surface area contributed by atoms with E-state index in [4.69, 9.17) is 0 Å². The Hall–Kier alpha value is -2.07. The number of hydrogen-bond donors (Lipinski definition) is 1. The number of aliphatic hydroxyl groups is 1. The average molecular weight is 435 g/mol. The summed E-state index contributed by atoms with van der Waals surface area (Å²) in [7, 11) is 6.09. The van der Waals surface area contributed by atoms with E-state index in [-0.39, 0.29) is 22.8 Å². The summed E-state index contributed by atoms with van der Waals surface area (Å²) in [4.78, 5) is 16.4. The third-order valence-corrected chi connectivity index (χ3v) is 9.76. The van der Waals surface area contributed by atoms with Gasteiger partial charge in [-0.25, -0.2) is 0 Å². The van der Waals surface area contributed by atoms with E-state index in [1.54, 1.807) is 6.08 Å². The molecule has 0 saturated heterocycles. The second-order valence-electron chi connectivity index (χ2n) is 11.5. The molecular weight excluding hydrogens is 396 g/mol. The number of aliphatic hydroxyl groups excluding tert-OH is 1. The second-order valence-corrected chi connectivity index (χ2v) is 11.5. The lowest BCUT2D eigenvalue weighted by molar-refractivity contribution is -0.140. The molecule has 1 aromatic rings. The number of rotatable bonds is 2. The van der Waals surface area contributed by atoms with E-state index in [1.807, 2.05) is 11.9 Å². The van der Waals surface area contributed by atoms with Gasteiger partial charge in [-0.05, 0) is 79.2 Å². The second kappa shape index (κ2) is 7.48. The minimum atomic E-state index is -0.362. The molecule has 2 unspecified atom stereocenters. The molecule has 3 aliphatic carbocycles. The highest BCUT2D eigenvalue weighted by molar-refractivity contribution is 5.89. The monoisotopic (exact) mass is 434 g/mol. The molecule has 1 heterocycles. The summed E-state index contributed by atoms with van der Waals surface area (Å²) < 4.78 is 0. The van der Waals surface area contributed by atoms with Crippen LogP contribution < -0.4 is 4.90 Å². The van der Waals surface area contributed by atoms with E-state index in [1.165, 1.54) is 16.8 Å². The summed E-state index contributed by atoms with van der Waals surface area (Å²) in [5, 5.41) is 11.5. The number of likely N-dealkylation sites (N-methyl/N-ethyl adjacent to an activating group) is 1. The van der Waals surface area contributed by atoms with Crippen molar-refractivity contribution in [1.29, 1.82) is 0 Å². The van der Waals surface area contributed by atoms with Gasteiger partial charge in [0.05, 0.1) is 6.10 Å². The Labute approximate surface area is 193 Å². The van der Waals surface area contributed by atoms with Crippen molar-refractivity contribution in [3.8, 4) is 0 Å². The third kappa shape index (κ3) is 3.09.